The van der Waals surface area contributed by atoms with Gasteiger partial charge in [0.2, 0.25) is 0 Å². The van der Waals surface area contributed by atoms with Gasteiger partial charge in [0.1, 0.15) is 0 Å². The maximum Gasteiger partial charge on any atom is 0.331 e. The number of carbonyl (C=O) groups is 1. The van der Waals surface area contributed by atoms with E-state index in [2.05, 4.69) is 27.7 Å². The van der Waals surface area contributed by atoms with Gasteiger partial charge in [0.25, 0.3) is 0 Å². The molecule has 20 heavy (non-hydrogen) atoms. The van der Waals surface area contributed by atoms with Gasteiger partial charge >= 0.3 is 5.97 Å². The lowest BCUT2D eigenvalue weighted by Crippen LogP contribution is -2.38. The van der Waals surface area contributed by atoms with Crippen molar-refractivity contribution in [2.24, 2.45) is 0 Å². The highest BCUT2D eigenvalue weighted by molar-refractivity contribution is 5.75. The van der Waals surface area contributed by atoms with Crippen molar-refractivity contribution in [1.29, 1.82) is 0 Å². The Morgan fingerprint density at radius 1 is 1.30 bits per heavy atom. The molecular weight excluding hydrogens is 256 g/mol. The molecule has 0 saturated heterocycles. The van der Waals surface area contributed by atoms with Gasteiger partial charge < -0.3 is 5.11 Å². The van der Waals surface area contributed by atoms with Crippen LogP contribution in [0.1, 0.15) is 36.7 Å². The first kappa shape index (κ1) is 12.8. The van der Waals surface area contributed by atoms with Crippen LogP contribution in [-0.2, 0) is 23.2 Å². The van der Waals surface area contributed by atoms with Crippen molar-refractivity contribution in [2.45, 2.75) is 38.1 Å². The van der Waals surface area contributed by atoms with Gasteiger partial charge in [-0.3, -0.25) is 0 Å². The van der Waals surface area contributed by atoms with Crippen molar-refractivity contribution in [3.8, 4) is 0 Å². The fourth-order valence-corrected chi connectivity index (χ4v) is 2.68. The van der Waals surface area contributed by atoms with E-state index in [9.17, 15) is 9.90 Å². The summed E-state index contributed by atoms with van der Waals surface area (Å²) in [4.78, 5) is 11.4. The van der Waals surface area contributed by atoms with E-state index in [1.807, 2.05) is 12.1 Å². The van der Waals surface area contributed by atoms with Gasteiger partial charge in [-0.2, -0.15) is 0 Å². The summed E-state index contributed by atoms with van der Waals surface area (Å²) < 4.78 is 1.44. The molecule has 0 spiro atoms. The van der Waals surface area contributed by atoms with Crippen LogP contribution in [0.2, 0.25) is 0 Å². The predicted molar refractivity (Wildman–Crippen MR) is 71.4 cm³/mol. The Labute approximate surface area is 116 Å². The molecule has 6 heteroatoms. The Bertz CT molecular complexity index is 638. The minimum Gasteiger partial charge on any atom is -0.479 e. The average Bonchev–Trinajstić information content (AvgIpc) is 3.04. The highest BCUT2D eigenvalue weighted by atomic mass is 16.4. The highest BCUT2D eigenvalue weighted by Gasteiger charge is 2.37. The predicted octanol–water partition coefficient (Wildman–Crippen LogP) is 1.38. The Morgan fingerprint density at radius 2 is 1.90 bits per heavy atom. The summed E-state index contributed by atoms with van der Waals surface area (Å²) in [5, 5.41) is 21.0. The molecule has 0 amide bonds. The van der Waals surface area contributed by atoms with Crippen molar-refractivity contribution in [2.75, 3.05) is 0 Å². The lowest BCUT2D eigenvalue weighted by molar-refractivity contribution is -0.146. The molecule has 0 bridgehead atoms. The zero-order valence-corrected chi connectivity index (χ0v) is 11.4. The van der Waals surface area contributed by atoms with E-state index >= 15 is 0 Å². The third-order valence-corrected chi connectivity index (χ3v) is 3.96. The first-order valence-electron chi connectivity index (χ1n) is 6.59. The third-order valence-electron chi connectivity index (χ3n) is 3.96. The minimum atomic E-state index is -1.15. The molecule has 2 aromatic rings. The second-order valence-corrected chi connectivity index (χ2v) is 5.69. The molecule has 0 saturated carbocycles. The van der Waals surface area contributed by atoms with Crippen molar-refractivity contribution < 1.29 is 9.90 Å². The smallest absolute Gasteiger partial charge is 0.331 e. The summed E-state index contributed by atoms with van der Waals surface area (Å²) in [6, 6.07) is 8.24. The van der Waals surface area contributed by atoms with Crippen LogP contribution in [0.5, 0.6) is 0 Å². The Balaban J connectivity index is 1.95. The molecule has 1 aromatic heterocycles. The molecule has 1 N–H and O–H groups in total. The molecule has 0 fully saturated rings. The molecule has 0 radical (unpaired) electrons. The fraction of sp³-hybridized carbons (Fsp3) is 0.429. The maximum atomic E-state index is 11.4. The standard InChI is InChI=1S/C14H16N4O2/c1-14(2,13(19)20)18-12(15-16-17-18)11-7-9-5-3-4-6-10(9)8-11/h3-6,11H,7-8H2,1-2H3,(H,19,20). The average molecular weight is 272 g/mol. The number of carboxylic acids is 1. The lowest BCUT2D eigenvalue weighted by Gasteiger charge is -2.22. The van der Waals surface area contributed by atoms with Crippen molar-refractivity contribution >= 4 is 5.97 Å². The normalized spacial score (nSPS) is 15.3. The molecular formula is C14H16N4O2. The fourth-order valence-electron chi connectivity index (χ4n) is 2.68. The molecule has 1 aliphatic rings. The topological polar surface area (TPSA) is 80.9 Å². The summed E-state index contributed by atoms with van der Waals surface area (Å²) in [6.45, 7) is 3.22. The minimum absolute atomic E-state index is 0.140. The molecule has 1 aromatic carbocycles. The number of hydrogen-bond acceptors (Lipinski definition) is 4. The Hall–Kier alpha value is -2.24. The molecule has 0 aliphatic heterocycles. The number of aromatic nitrogens is 4. The Kier molecular flexibility index (Phi) is 2.81. The molecule has 0 unspecified atom stereocenters. The molecule has 6 nitrogen and oxygen atoms in total. The molecule has 104 valence electrons. The lowest BCUT2D eigenvalue weighted by atomic mass is 10.0. The van der Waals surface area contributed by atoms with Crippen LogP contribution in [0.25, 0.3) is 0 Å². The molecule has 1 aliphatic carbocycles. The maximum absolute atomic E-state index is 11.4. The van der Waals surface area contributed by atoms with Gasteiger partial charge in [0.05, 0.1) is 0 Å². The van der Waals surface area contributed by atoms with Crippen LogP contribution in [-0.4, -0.2) is 31.3 Å². The number of fused-ring (bicyclic) bond motifs is 1. The van der Waals surface area contributed by atoms with Crippen LogP contribution >= 0.6 is 0 Å². The van der Waals surface area contributed by atoms with Crippen LogP contribution in [0.3, 0.4) is 0 Å². The summed E-state index contributed by atoms with van der Waals surface area (Å²) in [5.41, 5.74) is 1.44. The van der Waals surface area contributed by atoms with Crippen molar-refractivity contribution in [3.63, 3.8) is 0 Å². The first-order valence-corrected chi connectivity index (χ1v) is 6.59. The van der Waals surface area contributed by atoms with E-state index in [0.717, 1.165) is 12.8 Å². The van der Waals surface area contributed by atoms with E-state index in [0.29, 0.717) is 5.82 Å². The van der Waals surface area contributed by atoms with E-state index in [1.54, 1.807) is 13.8 Å². The van der Waals surface area contributed by atoms with Gasteiger partial charge in [-0.1, -0.05) is 24.3 Å². The van der Waals surface area contributed by atoms with Crippen LogP contribution in [0.4, 0.5) is 0 Å². The molecule has 3 rings (SSSR count). The van der Waals surface area contributed by atoms with Gasteiger partial charge in [0, 0.05) is 5.92 Å². The molecule has 1 heterocycles. The van der Waals surface area contributed by atoms with Crippen molar-refractivity contribution in [1.82, 2.24) is 20.2 Å². The second-order valence-electron chi connectivity index (χ2n) is 5.69. The van der Waals surface area contributed by atoms with Crippen LogP contribution in [0, 0.1) is 0 Å². The van der Waals surface area contributed by atoms with E-state index in [-0.39, 0.29) is 5.92 Å². The second kappa shape index (κ2) is 4.40. The number of tetrazole rings is 1. The summed E-state index contributed by atoms with van der Waals surface area (Å²) in [7, 11) is 0. The van der Waals surface area contributed by atoms with E-state index < -0.39 is 11.5 Å². The van der Waals surface area contributed by atoms with Gasteiger partial charge in [-0.15, -0.1) is 5.10 Å². The zero-order valence-electron chi connectivity index (χ0n) is 11.4. The summed E-state index contributed by atoms with van der Waals surface area (Å²) >= 11 is 0. The number of carboxylic acid groups (broad SMARTS) is 1. The number of hydrogen-bond donors (Lipinski definition) is 1. The molecule has 0 atom stereocenters. The van der Waals surface area contributed by atoms with E-state index in [1.165, 1.54) is 15.8 Å². The van der Waals surface area contributed by atoms with Crippen LogP contribution < -0.4 is 0 Å². The third kappa shape index (κ3) is 1.88. The number of aliphatic carboxylic acids is 1. The van der Waals surface area contributed by atoms with Crippen LogP contribution in [0.15, 0.2) is 24.3 Å². The van der Waals surface area contributed by atoms with E-state index in [4.69, 9.17) is 0 Å². The quantitative estimate of drug-likeness (QED) is 0.912. The Morgan fingerprint density at radius 3 is 2.45 bits per heavy atom. The van der Waals surface area contributed by atoms with Gasteiger partial charge in [0.15, 0.2) is 11.4 Å². The monoisotopic (exact) mass is 272 g/mol. The number of benzene rings is 1. The largest absolute Gasteiger partial charge is 0.479 e. The zero-order chi connectivity index (χ0) is 14.3. The number of nitrogens with zero attached hydrogens (tertiary/aromatic N) is 4. The number of rotatable bonds is 3. The van der Waals surface area contributed by atoms with Crippen molar-refractivity contribution in [3.05, 3.63) is 41.2 Å². The summed E-state index contributed by atoms with van der Waals surface area (Å²) in [5.74, 6) is -0.156. The van der Waals surface area contributed by atoms with Gasteiger partial charge in [-0.05, 0) is 48.2 Å². The highest BCUT2D eigenvalue weighted by Crippen LogP contribution is 2.33. The SMILES string of the molecule is CC(C)(C(=O)O)n1nnnc1C1Cc2ccccc2C1. The summed E-state index contributed by atoms with van der Waals surface area (Å²) in [6.07, 6.45) is 1.71. The first-order chi connectivity index (χ1) is 9.50. The van der Waals surface area contributed by atoms with Gasteiger partial charge in [-0.25, -0.2) is 9.48 Å².